The van der Waals surface area contributed by atoms with Gasteiger partial charge < -0.3 is 4.74 Å². The van der Waals surface area contributed by atoms with Crippen molar-refractivity contribution >= 4 is 5.97 Å². The first kappa shape index (κ1) is 17.9. The largest absolute Gasteiger partial charge is 0.458 e. The fourth-order valence-corrected chi connectivity index (χ4v) is 1.79. The highest BCUT2D eigenvalue weighted by Gasteiger charge is 2.05. The van der Waals surface area contributed by atoms with Crippen molar-refractivity contribution < 1.29 is 9.53 Å². The summed E-state index contributed by atoms with van der Waals surface area (Å²) in [6, 6.07) is 0. The molecule has 0 aliphatic heterocycles. The Morgan fingerprint density at radius 2 is 1.95 bits per heavy atom. The van der Waals surface area contributed by atoms with Crippen molar-refractivity contribution in [3.8, 4) is 0 Å². The van der Waals surface area contributed by atoms with E-state index in [1.54, 1.807) is 0 Å². The molecule has 0 spiro atoms. The molecule has 0 saturated carbocycles. The zero-order valence-electron chi connectivity index (χ0n) is 13.2. The van der Waals surface area contributed by atoms with Crippen molar-refractivity contribution in [2.75, 3.05) is 0 Å². The molecule has 110 valence electrons. The summed E-state index contributed by atoms with van der Waals surface area (Å²) in [4.78, 5) is 11.3. The van der Waals surface area contributed by atoms with Crippen molar-refractivity contribution in [2.45, 2.75) is 72.8 Å². The van der Waals surface area contributed by atoms with E-state index in [2.05, 4.69) is 32.9 Å². The Balaban J connectivity index is 3.81. The molecule has 0 aromatic carbocycles. The molecular formula is C17H30O2. The van der Waals surface area contributed by atoms with E-state index in [9.17, 15) is 4.79 Å². The molecule has 0 fully saturated rings. The van der Waals surface area contributed by atoms with Crippen molar-refractivity contribution in [3.63, 3.8) is 0 Å². The van der Waals surface area contributed by atoms with E-state index in [4.69, 9.17) is 4.74 Å². The lowest BCUT2D eigenvalue weighted by atomic mass is 10.0. The summed E-state index contributed by atoms with van der Waals surface area (Å²) in [5.74, 6) is 0.571. The van der Waals surface area contributed by atoms with E-state index in [1.807, 2.05) is 19.9 Å². The van der Waals surface area contributed by atoms with Gasteiger partial charge in [0.05, 0.1) is 0 Å². The molecule has 0 heterocycles. The number of esters is 1. The van der Waals surface area contributed by atoms with Gasteiger partial charge >= 0.3 is 5.97 Å². The molecule has 0 rings (SSSR count). The van der Waals surface area contributed by atoms with Gasteiger partial charge in [0.2, 0.25) is 0 Å². The Bertz CT molecular complexity index is 298. The third kappa shape index (κ3) is 11.8. The summed E-state index contributed by atoms with van der Waals surface area (Å²) >= 11 is 0. The first-order valence-corrected chi connectivity index (χ1v) is 7.45. The predicted octanol–water partition coefficient (Wildman–Crippen LogP) is 5.05. The molecule has 2 heteroatoms. The van der Waals surface area contributed by atoms with E-state index in [-0.39, 0.29) is 12.1 Å². The van der Waals surface area contributed by atoms with E-state index >= 15 is 0 Å². The molecule has 0 bridgehead atoms. The minimum atomic E-state index is -0.107. The van der Waals surface area contributed by atoms with Crippen LogP contribution in [-0.4, -0.2) is 12.1 Å². The van der Waals surface area contributed by atoms with Crippen LogP contribution in [-0.2, 0) is 9.53 Å². The monoisotopic (exact) mass is 266 g/mol. The Labute approximate surface area is 118 Å². The zero-order chi connectivity index (χ0) is 14.7. The molecule has 0 aliphatic carbocycles. The first-order valence-electron chi connectivity index (χ1n) is 7.45. The van der Waals surface area contributed by atoms with Crippen LogP contribution in [0.4, 0.5) is 0 Å². The van der Waals surface area contributed by atoms with Crippen LogP contribution < -0.4 is 0 Å². The highest BCUT2D eigenvalue weighted by molar-refractivity contribution is 5.69. The lowest BCUT2D eigenvalue weighted by Crippen LogP contribution is -2.12. The van der Waals surface area contributed by atoms with Gasteiger partial charge in [-0.25, -0.2) is 0 Å². The summed E-state index contributed by atoms with van der Waals surface area (Å²) in [7, 11) is 0. The number of carbonyl (C=O) groups excluding carboxylic acids is 1. The first-order chi connectivity index (χ1) is 8.95. The number of hydrogen-bond acceptors (Lipinski definition) is 2. The van der Waals surface area contributed by atoms with Gasteiger partial charge in [0, 0.05) is 6.42 Å². The Hall–Kier alpha value is -1.05. The van der Waals surface area contributed by atoms with E-state index < -0.39 is 0 Å². The lowest BCUT2D eigenvalue weighted by Gasteiger charge is -2.10. The average Bonchev–Trinajstić information content (AvgIpc) is 2.28. The minimum absolute atomic E-state index is 0.101. The molecule has 0 radical (unpaired) electrons. The van der Waals surface area contributed by atoms with E-state index in [1.165, 1.54) is 12.0 Å². The summed E-state index contributed by atoms with van der Waals surface area (Å²) in [5.41, 5.74) is 1.39. The predicted molar refractivity (Wildman–Crippen MR) is 82.0 cm³/mol. The van der Waals surface area contributed by atoms with Gasteiger partial charge in [-0.2, -0.15) is 0 Å². The second-order valence-corrected chi connectivity index (χ2v) is 5.57. The maximum absolute atomic E-state index is 11.3. The van der Waals surface area contributed by atoms with Crippen LogP contribution in [0.15, 0.2) is 23.8 Å². The van der Waals surface area contributed by atoms with Crippen LogP contribution >= 0.6 is 0 Å². The summed E-state index contributed by atoms with van der Waals surface area (Å²) in [6.07, 6.45) is 11.1. The van der Waals surface area contributed by atoms with Crippen LogP contribution in [0.3, 0.4) is 0 Å². The third-order valence-corrected chi connectivity index (χ3v) is 2.93. The summed E-state index contributed by atoms with van der Waals surface area (Å²) in [5, 5.41) is 0. The topological polar surface area (TPSA) is 26.3 Å². The molecule has 0 aliphatic rings. The van der Waals surface area contributed by atoms with Gasteiger partial charge in [-0.05, 0) is 58.4 Å². The van der Waals surface area contributed by atoms with Gasteiger partial charge in [-0.1, -0.05) is 31.6 Å². The molecule has 2 nitrogen and oxygen atoms in total. The zero-order valence-corrected chi connectivity index (χ0v) is 13.2. The van der Waals surface area contributed by atoms with Crippen LogP contribution in [0.25, 0.3) is 0 Å². The maximum Gasteiger partial charge on any atom is 0.306 e. The van der Waals surface area contributed by atoms with E-state index in [0.717, 1.165) is 19.3 Å². The highest BCUT2D eigenvalue weighted by Crippen LogP contribution is 2.13. The van der Waals surface area contributed by atoms with Crippen LogP contribution in [0.1, 0.15) is 66.7 Å². The van der Waals surface area contributed by atoms with Crippen LogP contribution in [0.5, 0.6) is 0 Å². The van der Waals surface area contributed by atoms with Crippen molar-refractivity contribution in [2.24, 2.45) is 5.92 Å². The second kappa shape index (κ2) is 10.8. The van der Waals surface area contributed by atoms with Gasteiger partial charge in [-0.15, -0.1) is 0 Å². The fraction of sp³-hybridized carbons (Fsp3) is 0.706. The van der Waals surface area contributed by atoms with Gasteiger partial charge in [0.1, 0.15) is 6.10 Å². The molecule has 0 unspecified atom stereocenters. The average molecular weight is 266 g/mol. The van der Waals surface area contributed by atoms with Crippen molar-refractivity contribution in [3.05, 3.63) is 23.8 Å². The Morgan fingerprint density at radius 3 is 2.53 bits per heavy atom. The summed E-state index contributed by atoms with van der Waals surface area (Å²) < 4.78 is 5.25. The smallest absolute Gasteiger partial charge is 0.306 e. The van der Waals surface area contributed by atoms with E-state index in [0.29, 0.717) is 12.3 Å². The normalized spacial score (nSPS) is 14.2. The van der Waals surface area contributed by atoms with Crippen molar-refractivity contribution in [1.29, 1.82) is 0 Å². The van der Waals surface area contributed by atoms with Crippen LogP contribution in [0, 0.1) is 5.92 Å². The Kier molecular flexibility index (Phi) is 10.2. The molecule has 2 atom stereocenters. The molecule has 0 aromatic heterocycles. The van der Waals surface area contributed by atoms with Gasteiger partial charge in [-0.3, -0.25) is 4.79 Å². The van der Waals surface area contributed by atoms with Crippen molar-refractivity contribution in [1.82, 2.24) is 0 Å². The Morgan fingerprint density at radius 1 is 1.26 bits per heavy atom. The number of ether oxygens (including phenoxy) is 1. The molecule has 0 N–H and O–H groups in total. The molecule has 0 saturated heterocycles. The number of carbonyl (C=O) groups is 1. The minimum Gasteiger partial charge on any atom is -0.458 e. The lowest BCUT2D eigenvalue weighted by molar-refractivity contribution is -0.146. The molecule has 0 aromatic rings. The standard InChI is InChI=1S/C17H30O2/c1-6-9-17(18)19-16(5)13-8-12-15(4)11-7-10-14(2)3/h8,10,13,15-16H,6-7,9,11-12H2,1-5H3/b13-8+/t15-,16+/m1/s1. The second-order valence-electron chi connectivity index (χ2n) is 5.57. The highest BCUT2D eigenvalue weighted by atomic mass is 16.5. The molecular weight excluding hydrogens is 236 g/mol. The number of hydrogen-bond donors (Lipinski definition) is 0. The van der Waals surface area contributed by atoms with Crippen LogP contribution in [0.2, 0.25) is 0 Å². The molecule has 0 amide bonds. The molecule has 19 heavy (non-hydrogen) atoms. The van der Waals surface area contributed by atoms with Gasteiger partial charge in [0.15, 0.2) is 0 Å². The number of rotatable bonds is 9. The fourth-order valence-electron chi connectivity index (χ4n) is 1.79. The SMILES string of the molecule is CCCC(=O)O[C@@H](C)/C=C/C[C@H](C)CCC=C(C)C. The van der Waals surface area contributed by atoms with Gasteiger partial charge in [0.25, 0.3) is 0 Å². The summed E-state index contributed by atoms with van der Waals surface area (Å²) in [6.45, 7) is 10.4. The third-order valence-electron chi connectivity index (χ3n) is 2.93. The number of allylic oxidation sites excluding steroid dienone is 3. The maximum atomic E-state index is 11.3. The quantitative estimate of drug-likeness (QED) is 0.431.